The van der Waals surface area contributed by atoms with Gasteiger partial charge in [-0.15, -0.1) is 0 Å². The van der Waals surface area contributed by atoms with Crippen LogP contribution in [0.2, 0.25) is 0 Å². The zero-order chi connectivity index (χ0) is 16.8. The average molecular weight is 325 g/mol. The van der Waals surface area contributed by atoms with Crippen molar-refractivity contribution in [1.29, 1.82) is 5.26 Å². The van der Waals surface area contributed by atoms with E-state index >= 15 is 0 Å². The highest BCUT2D eigenvalue weighted by Gasteiger charge is 2.24. The number of carbonyl (C=O) groups is 1. The maximum atomic E-state index is 12.8. The summed E-state index contributed by atoms with van der Waals surface area (Å²) in [6.07, 6.45) is 7.07. The van der Waals surface area contributed by atoms with Crippen molar-refractivity contribution in [3.8, 4) is 6.07 Å². The zero-order valence-corrected chi connectivity index (χ0v) is 14.4. The van der Waals surface area contributed by atoms with E-state index in [2.05, 4.69) is 17.0 Å². The van der Waals surface area contributed by atoms with Gasteiger partial charge in [0, 0.05) is 25.2 Å². The Morgan fingerprint density at radius 1 is 1.12 bits per heavy atom. The average Bonchev–Trinajstić information content (AvgIpc) is 2.90. The Morgan fingerprint density at radius 3 is 2.67 bits per heavy atom. The van der Waals surface area contributed by atoms with E-state index in [1.165, 1.54) is 31.2 Å². The second kappa shape index (κ2) is 8.30. The molecule has 0 aromatic heterocycles. The molecule has 0 radical (unpaired) electrons. The van der Waals surface area contributed by atoms with Crippen molar-refractivity contribution < 1.29 is 4.79 Å². The third-order valence-electron chi connectivity index (χ3n) is 5.17. The maximum Gasteiger partial charge on any atom is 0.253 e. The number of hydrogen-bond donors (Lipinski definition) is 0. The fourth-order valence-electron chi connectivity index (χ4n) is 3.80. The predicted molar refractivity (Wildman–Crippen MR) is 94.4 cm³/mol. The largest absolute Gasteiger partial charge is 0.337 e. The van der Waals surface area contributed by atoms with E-state index in [0.29, 0.717) is 6.54 Å². The molecule has 1 aromatic rings. The number of piperidine rings is 1. The number of nitrogens with zero attached hydrogens (tertiary/aromatic N) is 3. The van der Waals surface area contributed by atoms with Crippen LogP contribution in [-0.4, -0.2) is 41.9 Å². The minimum atomic E-state index is -0.0111. The van der Waals surface area contributed by atoms with Crippen molar-refractivity contribution in [2.45, 2.75) is 45.1 Å². The standard InChI is InChI=1S/C20H27N3O/c21-14-18-8-6-12-23(16-18)20(24)19-9-5-7-17(13-19)15-22-10-3-1-2-4-11-22/h5,7,9,13,18H,1-4,6,8,10-12,15-16H2. The monoisotopic (exact) mass is 325 g/mol. The molecule has 128 valence electrons. The van der Waals surface area contributed by atoms with Crippen LogP contribution in [0.25, 0.3) is 0 Å². The van der Waals surface area contributed by atoms with Crippen LogP contribution in [0.4, 0.5) is 0 Å². The summed E-state index contributed by atoms with van der Waals surface area (Å²) < 4.78 is 0. The summed E-state index contributed by atoms with van der Waals surface area (Å²) in [6, 6.07) is 10.4. The van der Waals surface area contributed by atoms with Gasteiger partial charge in [0.1, 0.15) is 0 Å². The van der Waals surface area contributed by atoms with E-state index in [9.17, 15) is 4.79 Å². The lowest BCUT2D eigenvalue weighted by molar-refractivity contribution is 0.0698. The lowest BCUT2D eigenvalue weighted by Crippen LogP contribution is -2.39. The second-order valence-electron chi connectivity index (χ2n) is 7.11. The van der Waals surface area contributed by atoms with Crippen LogP contribution >= 0.6 is 0 Å². The first-order valence-corrected chi connectivity index (χ1v) is 9.26. The normalized spacial score (nSPS) is 22.6. The molecule has 0 spiro atoms. The summed E-state index contributed by atoms with van der Waals surface area (Å²) >= 11 is 0. The molecule has 1 amide bonds. The number of likely N-dealkylation sites (tertiary alicyclic amines) is 2. The molecule has 2 aliphatic heterocycles. The smallest absolute Gasteiger partial charge is 0.253 e. The quantitative estimate of drug-likeness (QED) is 0.855. The Morgan fingerprint density at radius 2 is 1.92 bits per heavy atom. The maximum absolute atomic E-state index is 12.8. The summed E-state index contributed by atoms with van der Waals surface area (Å²) in [5.41, 5.74) is 1.98. The van der Waals surface area contributed by atoms with Crippen LogP contribution in [0.15, 0.2) is 24.3 Å². The van der Waals surface area contributed by atoms with Crippen molar-refractivity contribution in [1.82, 2.24) is 9.80 Å². The van der Waals surface area contributed by atoms with Crippen LogP contribution in [0.3, 0.4) is 0 Å². The number of rotatable bonds is 3. The van der Waals surface area contributed by atoms with Crippen molar-refractivity contribution in [3.63, 3.8) is 0 Å². The first kappa shape index (κ1) is 17.0. The zero-order valence-electron chi connectivity index (χ0n) is 14.4. The van der Waals surface area contributed by atoms with E-state index in [1.807, 2.05) is 23.1 Å². The van der Waals surface area contributed by atoms with E-state index in [-0.39, 0.29) is 11.8 Å². The molecule has 2 saturated heterocycles. The topological polar surface area (TPSA) is 47.3 Å². The number of hydrogen-bond acceptors (Lipinski definition) is 3. The SMILES string of the molecule is N#CC1CCCN(C(=O)c2cccc(CN3CCCCCC3)c2)C1. The van der Waals surface area contributed by atoms with Crippen LogP contribution in [0, 0.1) is 17.2 Å². The summed E-state index contributed by atoms with van der Waals surface area (Å²) in [5, 5.41) is 9.12. The van der Waals surface area contributed by atoms with Gasteiger partial charge >= 0.3 is 0 Å². The van der Waals surface area contributed by atoms with E-state index in [0.717, 1.165) is 44.6 Å². The Kier molecular flexibility index (Phi) is 5.87. The highest BCUT2D eigenvalue weighted by atomic mass is 16.2. The number of carbonyl (C=O) groups excluding carboxylic acids is 1. The molecule has 24 heavy (non-hydrogen) atoms. The molecule has 1 atom stereocenters. The molecule has 1 unspecified atom stereocenters. The Bertz CT molecular complexity index is 599. The first-order chi connectivity index (χ1) is 11.8. The van der Waals surface area contributed by atoms with Crippen molar-refractivity contribution >= 4 is 5.91 Å². The minimum absolute atomic E-state index is 0.0111. The van der Waals surface area contributed by atoms with Gasteiger partial charge in [-0.2, -0.15) is 5.26 Å². The Hall–Kier alpha value is -1.86. The first-order valence-electron chi connectivity index (χ1n) is 9.26. The fourth-order valence-corrected chi connectivity index (χ4v) is 3.80. The van der Waals surface area contributed by atoms with Gasteiger partial charge in [0.05, 0.1) is 12.0 Å². The highest BCUT2D eigenvalue weighted by molar-refractivity contribution is 5.94. The van der Waals surface area contributed by atoms with Crippen molar-refractivity contribution in [3.05, 3.63) is 35.4 Å². The van der Waals surface area contributed by atoms with E-state index in [4.69, 9.17) is 5.26 Å². The summed E-state index contributed by atoms with van der Waals surface area (Å²) in [4.78, 5) is 17.1. The molecule has 3 rings (SSSR count). The molecule has 2 aliphatic rings. The van der Waals surface area contributed by atoms with E-state index in [1.54, 1.807) is 0 Å². The molecule has 4 heteroatoms. The van der Waals surface area contributed by atoms with Gasteiger partial charge in [-0.1, -0.05) is 25.0 Å². The van der Waals surface area contributed by atoms with Gasteiger partial charge in [0.15, 0.2) is 0 Å². The molecule has 0 N–H and O–H groups in total. The van der Waals surface area contributed by atoms with Gasteiger partial charge in [-0.05, 0) is 56.5 Å². The van der Waals surface area contributed by atoms with Crippen molar-refractivity contribution in [2.75, 3.05) is 26.2 Å². The van der Waals surface area contributed by atoms with Gasteiger partial charge < -0.3 is 4.90 Å². The van der Waals surface area contributed by atoms with Crippen LogP contribution in [0.5, 0.6) is 0 Å². The lowest BCUT2D eigenvalue weighted by Gasteiger charge is -2.29. The molecular formula is C20H27N3O. The predicted octanol–water partition coefficient (Wildman–Crippen LogP) is 3.44. The molecular weight excluding hydrogens is 298 g/mol. The van der Waals surface area contributed by atoms with Crippen LogP contribution in [0.1, 0.15) is 54.4 Å². The van der Waals surface area contributed by atoms with Gasteiger partial charge in [-0.3, -0.25) is 9.69 Å². The Balaban J connectivity index is 1.65. The molecule has 2 fully saturated rings. The molecule has 4 nitrogen and oxygen atoms in total. The third kappa shape index (κ3) is 4.36. The molecule has 0 aliphatic carbocycles. The highest BCUT2D eigenvalue weighted by Crippen LogP contribution is 2.19. The van der Waals surface area contributed by atoms with Gasteiger partial charge in [0.25, 0.3) is 5.91 Å². The van der Waals surface area contributed by atoms with Crippen molar-refractivity contribution in [2.24, 2.45) is 5.92 Å². The third-order valence-corrected chi connectivity index (χ3v) is 5.17. The number of amides is 1. The van der Waals surface area contributed by atoms with Crippen LogP contribution < -0.4 is 0 Å². The summed E-state index contributed by atoms with van der Waals surface area (Å²) in [5.74, 6) is 0.0654. The Labute approximate surface area is 145 Å². The van der Waals surface area contributed by atoms with E-state index < -0.39 is 0 Å². The molecule has 0 saturated carbocycles. The molecule has 2 heterocycles. The summed E-state index contributed by atoms with van der Waals surface area (Å²) in [6.45, 7) is 4.60. The summed E-state index contributed by atoms with van der Waals surface area (Å²) in [7, 11) is 0. The number of benzene rings is 1. The molecule has 0 bridgehead atoms. The van der Waals surface area contributed by atoms with Crippen LogP contribution in [-0.2, 0) is 6.54 Å². The minimum Gasteiger partial charge on any atom is -0.337 e. The van der Waals surface area contributed by atoms with Gasteiger partial charge in [0.2, 0.25) is 0 Å². The second-order valence-corrected chi connectivity index (χ2v) is 7.11. The fraction of sp³-hybridized carbons (Fsp3) is 0.600. The molecule has 1 aromatic carbocycles. The van der Waals surface area contributed by atoms with Gasteiger partial charge in [-0.25, -0.2) is 0 Å². The lowest BCUT2D eigenvalue weighted by atomic mass is 9.98. The number of nitriles is 1.